The molecule has 0 radical (unpaired) electrons. The van der Waals surface area contributed by atoms with Crippen LogP contribution < -0.4 is 10.6 Å². The zero-order valence-electron chi connectivity index (χ0n) is 7.99. The van der Waals surface area contributed by atoms with Crippen molar-refractivity contribution < 1.29 is 9.59 Å². The van der Waals surface area contributed by atoms with Crippen molar-refractivity contribution in [2.75, 3.05) is 0 Å². The molecule has 5 nitrogen and oxygen atoms in total. The lowest BCUT2D eigenvalue weighted by Crippen LogP contribution is -2.41. The van der Waals surface area contributed by atoms with Gasteiger partial charge >= 0.3 is 6.03 Å². The van der Waals surface area contributed by atoms with Crippen LogP contribution in [0, 0.1) is 0 Å². The average molecular weight is 248 g/mol. The molecule has 0 spiro atoms. The van der Waals surface area contributed by atoms with E-state index in [0.717, 1.165) is 5.01 Å². The van der Waals surface area contributed by atoms with Gasteiger partial charge in [-0.05, 0) is 6.92 Å². The van der Waals surface area contributed by atoms with Gasteiger partial charge in [0.2, 0.25) is 5.91 Å². The minimum Gasteiger partial charge on any atom is -0.331 e. The number of carbonyl (C=O) groups is 2. The summed E-state index contributed by atoms with van der Waals surface area (Å²) in [5.41, 5.74) is 0. The van der Waals surface area contributed by atoms with E-state index < -0.39 is 17.3 Å². The molecule has 0 aliphatic heterocycles. The molecule has 1 heterocycles. The lowest BCUT2D eigenvalue weighted by atomic mass is 10.4. The molecule has 15 heavy (non-hydrogen) atoms. The van der Waals surface area contributed by atoms with Gasteiger partial charge in [0, 0.05) is 11.6 Å². The lowest BCUT2D eigenvalue weighted by molar-refractivity contribution is -0.119. The molecule has 1 rings (SSSR count). The lowest BCUT2D eigenvalue weighted by Gasteiger charge is -2.05. The number of nitrogens with zero attached hydrogens (tertiary/aromatic N) is 1. The van der Waals surface area contributed by atoms with E-state index in [4.69, 9.17) is 11.6 Å². The fourth-order valence-corrected chi connectivity index (χ4v) is 1.36. The predicted octanol–water partition coefficient (Wildman–Crippen LogP) is 1.10. The van der Waals surface area contributed by atoms with Crippen molar-refractivity contribution in [2.45, 2.75) is 18.8 Å². The van der Waals surface area contributed by atoms with Gasteiger partial charge in [-0.2, -0.15) is 0 Å². The number of thiazole rings is 1. The number of amides is 3. The summed E-state index contributed by atoms with van der Waals surface area (Å²) in [4.78, 5) is 26.1. The van der Waals surface area contributed by atoms with Crippen LogP contribution in [-0.4, -0.2) is 22.3 Å². The number of rotatable bonds is 3. The fraction of sp³-hybridized carbons (Fsp3) is 0.375. The van der Waals surface area contributed by atoms with E-state index in [1.165, 1.54) is 18.3 Å². The zero-order chi connectivity index (χ0) is 11.3. The number of halogens is 1. The van der Waals surface area contributed by atoms with Crippen molar-refractivity contribution in [1.29, 1.82) is 0 Å². The van der Waals surface area contributed by atoms with Gasteiger partial charge in [0.05, 0.1) is 6.54 Å². The van der Waals surface area contributed by atoms with Crippen LogP contribution >= 0.6 is 22.9 Å². The normalized spacial score (nSPS) is 11.9. The Balaban J connectivity index is 2.28. The van der Waals surface area contributed by atoms with E-state index in [0.29, 0.717) is 6.54 Å². The molecular formula is C8H10ClN3O2S. The van der Waals surface area contributed by atoms with Crippen molar-refractivity contribution in [3.05, 3.63) is 16.6 Å². The Kier molecular flexibility index (Phi) is 4.51. The molecule has 82 valence electrons. The average Bonchev–Trinajstić information content (AvgIpc) is 2.66. The Morgan fingerprint density at radius 1 is 1.67 bits per heavy atom. The van der Waals surface area contributed by atoms with E-state index in [2.05, 4.69) is 15.6 Å². The number of urea groups is 1. The number of hydrogen-bond donors (Lipinski definition) is 2. The summed E-state index contributed by atoms with van der Waals surface area (Å²) >= 11 is 6.90. The number of hydrogen-bond acceptors (Lipinski definition) is 4. The van der Waals surface area contributed by atoms with Gasteiger partial charge in [-0.15, -0.1) is 22.9 Å². The molecule has 0 saturated carbocycles. The van der Waals surface area contributed by atoms with Crippen LogP contribution in [0.4, 0.5) is 4.79 Å². The summed E-state index contributed by atoms with van der Waals surface area (Å²) < 4.78 is 0. The van der Waals surface area contributed by atoms with Crippen LogP contribution in [0.2, 0.25) is 0 Å². The fourth-order valence-electron chi connectivity index (χ4n) is 0.752. The smallest absolute Gasteiger partial charge is 0.321 e. The first-order chi connectivity index (χ1) is 7.09. The molecule has 0 bridgehead atoms. The molecular weight excluding hydrogens is 238 g/mol. The number of imide groups is 1. The minimum absolute atomic E-state index is 0.299. The van der Waals surface area contributed by atoms with Crippen LogP contribution in [-0.2, 0) is 11.3 Å². The molecule has 2 N–H and O–H groups in total. The molecule has 1 unspecified atom stereocenters. The third kappa shape index (κ3) is 4.26. The van der Waals surface area contributed by atoms with Crippen molar-refractivity contribution >= 4 is 34.9 Å². The SMILES string of the molecule is CC(Cl)C(=O)NC(=O)NCc1nccs1. The molecule has 1 aromatic rings. The maximum absolute atomic E-state index is 11.1. The van der Waals surface area contributed by atoms with E-state index >= 15 is 0 Å². The van der Waals surface area contributed by atoms with Crippen molar-refractivity contribution in [3.63, 3.8) is 0 Å². The second-order valence-corrected chi connectivity index (χ2v) is 4.35. The monoisotopic (exact) mass is 247 g/mol. The second-order valence-electron chi connectivity index (χ2n) is 2.71. The van der Waals surface area contributed by atoms with Crippen LogP contribution in [0.1, 0.15) is 11.9 Å². The largest absolute Gasteiger partial charge is 0.331 e. The Morgan fingerprint density at radius 2 is 2.40 bits per heavy atom. The van der Waals surface area contributed by atoms with Gasteiger partial charge in [0.15, 0.2) is 0 Å². The third-order valence-corrected chi connectivity index (χ3v) is 2.46. The third-order valence-electron chi connectivity index (χ3n) is 1.48. The molecule has 0 aliphatic carbocycles. The van der Waals surface area contributed by atoms with Crippen LogP contribution in [0.25, 0.3) is 0 Å². The molecule has 0 aromatic carbocycles. The van der Waals surface area contributed by atoms with E-state index in [1.54, 1.807) is 11.6 Å². The number of nitrogens with one attached hydrogen (secondary N) is 2. The highest BCUT2D eigenvalue weighted by molar-refractivity contribution is 7.09. The van der Waals surface area contributed by atoms with Crippen LogP contribution in [0.15, 0.2) is 11.6 Å². The topological polar surface area (TPSA) is 71.1 Å². The minimum atomic E-state index is -0.726. The highest BCUT2D eigenvalue weighted by Gasteiger charge is 2.12. The summed E-state index contributed by atoms with van der Waals surface area (Å²) in [5.74, 6) is -0.520. The number of aromatic nitrogens is 1. The summed E-state index contributed by atoms with van der Waals surface area (Å²) in [6.45, 7) is 1.79. The van der Waals surface area contributed by atoms with Crippen molar-refractivity contribution in [1.82, 2.24) is 15.6 Å². The quantitative estimate of drug-likeness (QED) is 0.786. The summed E-state index contributed by atoms with van der Waals surface area (Å²) in [6.07, 6.45) is 1.64. The van der Waals surface area contributed by atoms with Gasteiger partial charge in [0.1, 0.15) is 10.4 Å². The molecule has 1 aromatic heterocycles. The Hall–Kier alpha value is -1.14. The first-order valence-corrected chi connectivity index (χ1v) is 5.52. The maximum Gasteiger partial charge on any atom is 0.321 e. The van der Waals surface area contributed by atoms with Gasteiger partial charge in [-0.25, -0.2) is 9.78 Å². The zero-order valence-corrected chi connectivity index (χ0v) is 9.56. The van der Waals surface area contributed by atoms with Gasteiger partial charge < -0.3 is 5.32 Å². The molecule has 0 fully saturated rings. The van der Waals surface area contributed by atoms with Crippen molar-refractivity contribution in [3.8, 4) is 0 Å². The molecule has 1 atom stereocenters. The van der Waals surface area contributed by atoms with E-state index in [1.807, 2.05) is 0 Å². The van der Waals surface area contributed by atoms with Gasteiger partial charge in [-0.3, -0.25) is 10.1 Å². The van der Waals surface area contributed by atoms with Crippen molar-refractivity contribution in [2.24, 2.45) is 0 Å². The second kappa shape index (κ2) is 5.67. The van der Waals surface area contributed by atoms with E-state index in [9.17, 15) is 9.59 Å². The van der Waals surface area contributed by atoms with Gasteiger partial charge in [-0.1, -0.05) is 0 Å². The summed E-state index contributed by atoms with van der Waals surface area (Å²) in [6, 6.07) is -0.567. The summed E-state index contributed by atoms with van der Waals surface area (Å²) in [5, 5.41) is 6.44. The Bertz CT molecular complexity index is 340. The first-order valence-electron chi connectivity index (χ1n) is 4.20. The molecule has 0 saturated heterocycles. The van der Waals surface area contributed by atoms with Gasteiger partial charge in [0.25, 0.3) is 0 Å². The first kappa shape index (κ1) is 11.9. The van der Waals surface area contributed by atoms with E-state index in [-0.39, 0.29) is 0 Å². The predicted molar refractivity (Wildman–Crippen MR) is 57.8 cm³/mol. The summed E-state index contributed by atoms with van der Waals surface area (Å²) in [7, 11) is 0. The Morgan fingerprint density at radius 3 is 2.93 bits per heavy atom. The maximum atomic E-state index is 11.1. The number of carbonyl (C=O) groups excluding carboxylic acids is 2. The molecule has 0 aliphatic rings. The van der Waals surface area contributed by atoms with Crippen LogP contribution in [0.3, 0.4) is 0 Å². The Labute approximate surface area is 95.8 Å². The highest BCUT2D eigenvalue weighted by Crippen LogP contribution is 2.02. The molecule has 3 amide bonds. The molecule has 7 heteroatoms. The standard InChI is InChI=1S/C8H10ClN3O2S/c1-5(9)7(13)12-8(14)11-4-6-10-2-3-15-6/h2-3,5H,4H2,1H3,(H2,11,12,13,14). The number of alkyl halides is 1. The van der Waals surface area contributed by atoms with Crippen LogP contribution in [0.5, 0.6) is 0 Å². The highest BCUT2D eigenvalue weighted by atomic mass is 35.5.